The third-order valence-corrected chi connectivity index (χ3v) is 6.32. The van der Waals surface area contributed by atoms with Gasteiger partial charge in [-0.2, -0.15) is 5.10 Å². The van der Waals surface area contributed by atoms with Crippen LogP contribution in [0.15, 0.2) is 0 Å². The Bertz CT molecular complexity index is 662. The number of carbonyl (C=O) groups is 1. The molecule has 0 unspecified atom stereocenters. The zero-order valence-electron chi connectivity index (χ0n) is 18.9. The molecule has 0 spiro atoms. The summed E-state index contributed by atoms with van der Waals surface area (Å²) in [4.78, 5) is 14.5. The molecule has 0 radical (unpaired) electrons. The van der Waals surface area contributed by atoms with Crippen LogP contribution in [0.2, 0.25) is 0 Å². The monoisotopic (exact) mass is 404 g/mol. The van der Waals surface area contributed by atoms with Gasteiger partial charge in [0.15, 0.2) is 5.69 Å². The standard InChI is InChI=1S/C23H40N4O2/c1-17(2)29-14-8-13-24-19-11-12-21-20(15-19)22(23(28)26(3)4)25-27(21)16-18-9-6-5-7-10-18/h17-19,24H,5-16H2,1-4H3/t19-/m1/s1. The predicted octanol–water partition coefficient (Wildman–Crippen LogP) is 3.43. The van der Waals surface area contributed by atoms with Crippen molar-refractivity contribution in [2.24, 2.45) is 5.92 Å². The van der Waals surface area contributed by atoms with E-state index in [-0.39, 0.29) is 5.91 Å². The van der Waals surface area contributed by atoms with Crippen LogP contribution in [-0.4, -0.2) is 60.0 Å². The molecule has 1 heterocycles. The van der Waals surface area contributed by atoms with Gasteiger partial charge < -0.3 is 15.0 Å². The molecule has 1 aromatic heterocycles. The third-order valence-electron chi connectivity index (χ3n) is 6.32. The number of fused-ring (bicyclic) bond motifs is 1. The van der Waals surface area contributed by atoms with Crippen LogP contribution in [0.3, 0.4) is 0 Å². The first-order valence-electron chi connectivity index (χ1n) is 11.6. The predicted molar refractivity (Wildman–Crippen MR) is 116 cm³/mol. The Labute approximate surface area is 176 Å². The molecular weight excluding hydrogens is 364 g/mol. The van der Waals surface area contributed by atoms with Gasteiger partial charge >= 0.3 is 0 Å². The molecule has 1 saturated carbocycles. The minimum atomic E-state index is 0.0367. The second-order valence-corrected chi connectivity index (χ2v) is 9.33. The summed E-state index contributed by atoms with van der Waals surface area (Å²) in [6.45, 7) is 6.88. The Morgan fingerprint density at radius 3 is 2.69 bits per heavy atom. The Hall–Kier alpha value is -1.40. The lowest BCUT2D eigenvalue weighted by atomic mass is 9.88. The minimum absolute atomic E-state index is 0.0367. The van der Waals surface area contributed by atoms with Gasteiger partial charge in [-0.15, -0.1) is 0 Å². The molecule has 2 aliphatic carbocycles. The Morgan fingerprint density at radius 1 is 1.24 bits per heavy atom. The van der Waals surface area contributed by atoms with Crippen LogP contribution in [0.4, 0.5) is 0 Å². The van der Waals surface area contributed by atoms with E-state index in [1.165, 1.54) is 43.4 Å². The van der Waals surface area contributed by atoms with E-state index in [9.17, 15) is 4.79 Å². The van der Waals surface area contributed by atoms with Crippen LogP contribution in [-0.2, 0) is 24.1 Å². The van der Waals surface area contributed by atoms with Crippen molar-refractivity contribution in [1.82, 2.24) is 20.0 Å². The van der Waals surface area contributed by atoms with E-state index in [1.807, 2.05) is 14.1 Å². The fourth-order valence-electron chi connectivity index (χ4n) is 4.71. The SMILES string of the molecule is CC(C)OCCCN[C@@H]1CCc2c(c(C(=O)N(C)C)nn2CC2CCCCC2)C1. The van der Waals surface area contributed by atoms with E-state index in [0.29, 0.717) is 23.8 Å². The summed E-state index contributed by atoms with van der Waals surface area (Å²) < 4.78 is 7.83. The second kappa shape index (κ2) is 10.6. The molecule has 6 heteroatoms. The summed E-state index contributed by atoms with van der Waals surface area (Å²) >= 11 is 0. The Kier molecular flexibility index (Phi) is 8.13. The average molecular weight is 405 g/mol. The fourth-order valence-corrected chi connectivity index (χ4v) is 4.71. The van der Waals surface area contributed by atoms with Crippen LogP contribution in [0, 0.1) is 5.92 Å². The smallest absolute Gasteiger partial charge is 0.274 e. The number of carbonyl (C=O) groups excluding carboxylic acids is 1. The lowest BCUT2D eigenvalue weighted by molar-refractivity contribution is 0.0766. The van der Waals surface area contributed by atoms with Gasteiger partial charge in [-0.05, 0) is 64.8 Å². The molecule has 3 rings (SSSR count). The number of hydrogen-bond acceptors (Lipinski definition) is 4. The largest absolute Gasteiger partial charge is 0.379 e. The maximum absolute atomic E-state index is 12.8. The van der Waals surface area contributed by atoms with E-state index >= 15 is 0 Å². The van der Waals surface area contributed by atoms with Gasteiger partial charge in [0.2, 0.25) is 0 Å². The van der Waals surface area contributed by atoms with Gasteiger partial charge in [0.25, 0.3) is 5.91 Å². The molecule has 0 saturated heterocycles. The molecule has 0 aromatic carbocycles. The summed E-state index contributed by atoms with van der Waals surface area (Å²) in [6, 6.07) is 0.419. The van der Waals surface area contributed by atoms with Gasteiger partial charge in [0, 0.05) is 44.5 Å². The highest BCUT2D eigenvalue weighted by atomic mass is 16.5. The molecule has 1 amide bonds. The van der Waals surface area contributed by atoms with Crippen molar-refractivity contribution in [3.8, 4) is 0 Å². The molecule has 1 fully saturated rings. The lowest BCUT2D eigenvalue weighted by Gasteiger charge is -2.26. The summed E-state index contributed by atoms with van der Waals surface area (Å²) in [5.74, 6) is 0.751. The molecule has 0 bridgehead atoms. The zero-order chi connectivity index (χ0) is 20.8. The van der Waals surface area contributed by atoms with E-state index in [4.69, 9.17) is 9.84 Å². The summed E-state index contributed by atoms with van der Waals surface area (Å²) in [6.07, 6.45) is 11.0. The molecule has 164 valence electrons. The zero-order valence-corrected chi connectivity index (χ0v) is 18.9. The van der Waals surface area contributed by atoms with E-state index in [2.05, 4.69) is 23.8 Å². The maximum atomic E-state index is 12.8. The number of ether oxygens (including phenoxy) is 1. The molecule has 1 atom stereocenters. The third kappa shape index (κ3) is 6.05. The molecule has 0 aliphatic heterocycles. The lowest BCUT2D eigenvalue weighted by Crippen LogP contribution is -2.36. The summed E-state index contributed by atoms with van der Waals surface area (Å²) in [5.41, 5.74) is 3.17. The normalized spacial score (nSPS) is 20.1. The average Bonchev–Trinajstić information content (AvgIpc) is 3.05. The first-order valence-corrected chi connectivity index (χ1v) is 11.6. The van der Waals surface area contributed by atoms with E-state index < -0.39 is 0 Å². The quantitative estimate of drug-likeness (QED) is 0.641. The highest BCUT2D eigenvalue weighted by Crippen LogP contribution is 2.29. The van der Waals surface area contributed by atoms with E-state index in [1.54, 1.807) is 4.90 Å². The van der Waals surface area contributed by atoms with Crippen molar-refractivity contribution in [2.75, 3.05) is 27.2 Å². The van der Waals surface area contributed by atoms with Gasteiger partial charge in [0.1, 0.15) is 0 Å². The van der Waals surface area contributed by atoms with Crippen LogP contribution < -0.4 is 5.32 Å². The molecule has 1 N–H and O–H groups in total. The van der Waals surface area contributed by atoms with Crippen molar-refractivity contribution in [3.05, 3.63) is 17.0 Å². The van der Waals surface area contributed by atoms with Crippen LogP contribution >= 0.6 is 0 Å². The molecule has 29 heavy (non-hydrogen) atoms. The summed E-state index contributed by atoms with van der Waals surface area (Å²) in [7, 11) is 3.64. The van der Waals surface area contributed by atoms with Gasteiger partial charge in [-0.1, -0.05) is 19.3 Å². The molecule has 1 aromatic rings. The minimum Gasteiger partial charge on any atom is -0.379 e. The van der Waals surface area contributed by atoms with Crippen molar-refractivity contribution in [2.45, 2.75) is 90.3 Å². The van der Waals surface area contributed by atoms with E-state index in [0.717, 1.165) is 45.4 Å². The Balaban J connectivity index is 1.66. The first-order chi connectivity index (χ1) is 14.0. The van der Waals surface area contributed by atoms with Crippen molar-refractivity contribution >= 4 is 5.91 Å². The van der Waals surface area contributed by atoms with Gasteiger partial charge in [-0.25, -0.2) is 0 Å². The fraction of sp³-hybridized carbons (Fsp3) is 0.826. The number of rotatable bonds is 9. The number of aromatic nitrogens is 2. The topological polar surface area (TPSA) is 59.4 Å². The van der Waals surface area contributed by atoms with Crippen LogP contribution in [0.5, 0.6) is 0 Å². The Morgan fingerprint density at radius 2 is 2.00 bits per heavy atom. The number of nitrogens with one attached hydrogen (secondary N) is 1. The molecule has 2 aliphatic rings. The highest BCUT2D eigenvalue weighted by Gasteiger charge is 2.30. The van der Waals surface area contributed by atoms with Crippen LogP contribution in [0.25, 0.3) is 0 Å². The van der Waals surface area contributed by atoms with Crippen molar-refractivity contribution in [3.63, 3.8) is 0 Å². The second-order valence-electron chi connectivity index (χ2n) is 9.33. The first kappa shape index (κ1) is 22.3. The maximum Gasteiger partial charge on any atom is 0.274 e. The molecular formula is C23H40N4O2. The number of nitrogens with zero attached hydrogens (tertiary/aromatic N) is 3. The number of hydrogen-bond donors (Lipinski definition) is 1. The van der Waals surface area contributed by atoms with Gasteiger partial charge in [0.05, 0.1) is 6.10 Å². The van der Waals surface area contributed by atoms with Crippen molar-refractivity contribution in [1.29, 1.82) is 0 Å². The number of amides is 1. The van der Waals surface area contributed by atoms with Crippen molar-refractivity contribution < 1.29 is 9.53 Å². The highest BCUT2D eigenvalue weighted by molar-refractivity contribution is 5.93. The summed E-state index contributed by atoms with van der Waals surface area (Å²) in [5, 5.41) is 8.53. The van der Waals surface area contributed by atoms with Gasteiger partial charge in [-0.3, -0.25) is 9.48 Å². The van der Waals surface area contributed by atoms with Crippen LogP contribution in [0.1, 0.15) is 80.5 Å². The molecule has 6 nitrogen and oxygen atoms in total.